The van der Waals surface area contributed by atoms with Crippen molar-refractivity contribution in [2.75, 3.05) is 5.32 Å². The van der Waals surface area contributed by atoms with Gasteiger partial charge in [0.25, 0.3) is 5.91 Å². The number of amides is 1. The maximum atomic E-state index is 13.1. The lowest BCUT2D eigenvalue weighted by Gasteiger charge is -2.24. The number of nitrogens with one attached hydrogen (secondary N) is 1. The first kappa shape index (κ1) is 17.6. The van der Waals surface area contributed by atoms with Crippen molar-refractivity contribution in [3.63, 3.8) is 0 Å². The summed E-state index contributed by atoms with van der Waals surface area (Å²) >= 11 is 6.01. The summed E-state index contributed by atoms with van der Waals surface area (Å²) in [6.07, 6.45) is -0.269. The number of anilines is 1. The van der Waals surface area contributed by atoms with Gasteiger partial charge in [0.1, 0.15) is 11.9 Å². The molecule has 3 aromatic rings. The number of carbonyl (C=O) groups is 1. The number of halogens is 2. The van der Waals surface area contributed by atoms with E-state index in [1.54, 1.807) is 35.0 Å². The van der Waals surface area contributed by atoms with Gasteiger partial charge in [0.05, 0.1) is 18.8 Å². The van der Waals surface area contributed by atoms with E-state index in [0.717, 1.165) is 11.1 Å². The molecule has 1 aliphatic heterocycles. The molecule has 0 spiro atoms. The van der Waals surface area contributed by atoms with Crippen LogP contribution in [0.15, 0.2) is 42.5 Å². The van der Waals surface area contributed by atoms with E-state index in [1.807, 2.05) is 6.92 Å². The van der Waals surface area contributed by atoms with Crippen LogP contribution in [0.5, 0.6) is 0 Å². The second kappa shape index (κ2) is 7.09. The third kappa shape index (κ3) is 3.56. The monoisotopic (exact) mass is 386 g/mol. The van der Waals surface area contributed by atoms with Crippen molar-refractivity contribution in [2.45, 2.75) is 26.2 Å². The van der Waals surface area contributed by atoms with Crippen LogP contribution in [0.3, 0.4) is 0 Å². The summed E-state index contributed by atoms with van der Waals surface area (Å²) < 4.78 is 20.6. The molecule has 0 bridgehead atoms. The minimum Gasteiger partial charge on any atom is -0.365 e. The van der Waals surface area contributed by atoms with Crippen LogP contribution in [-0.2, 0) is 17.9 Å². The van der Waals surface area contributed by atoms with E-state index >= 15 is 0 Å². The molecule has 1 atom stereocenters. The van der Waals surface area contributed by atoms with Gasteiger partial charge in [-0.1, -0.05) is 28.9 Å². The minimum atomic E-state index is -0.359. The first-order valence-corrected chi connectivity index (χ1v) is 8.76. The van der Waals surface area contributed by atoms with Crippen LogP contribution < -0.4 is 5.32 Å². The number of rotatable bonds is 3. The van der Waals surface area contributed by atoms with Crippen LogP contribution in [0, 0.1) is 12.7 Å². The molecule has 1 aromatic heterocycles. The molecule has 8 heteroatoms. The fraction of sp³-hybridized carbons (Fsp3) is 0.211. The molecule has 1 amide bonds. The highest BCUT2D eigenvalue weighted by Crippen LogP contribution is 2.27. The fourth-order valence-corrected chi connectivity index (χ4v) is 3.10. The molecule has 1 N–H and O–H groups in total. The topological polar surface area (TPSA) is 69.0 Å². The average Bonchev–Trinajstić information content (AvgIpc) is 3.08. The SMILES string of the molecule is Cc1cc(NC(=O)c2nnn3c2CO[C@H](c2ccc(F)cc2)C3)ccc1Cl. The Morgan fingerprint density at radius 1 is 1.30 bits per heavy atom. The molecule has 27 heavy (non-hydrogen) atoms. The lowest BCUT2D eigenvalue weighted by Crippen LogP contribution is -2.24. The molecule has 0 saturated carbocycles. The third-order valence-electron chi connectivity index (χ3n) is 4.47. The van der Waals surface area contributed by atoms with Crippen molar-refractivity contribution in [1.82, 2.24) is 15.0 Å². The Balaban J connectivity index is 1.51. The van der Waals surface area contributed by atoms with Crippen molar-refractivity contribution < 1.29 is 13.9 Å². The van der Waals surface area contributed by atoms with Crippen LogP contribution in [-0.4, -0.2) is 20.9 Å². The van der Waals surface area contributed by atoms with Crippen molar-refractivity contribution in [3.05, 3.63) is 75.8 Å². The highest BCUT2D eigenvalue weighted by molar-refractivity contribution is 6.31. The number of aryl methyl sites for hydroxylation is 1. The van der Waals surface area contributed by atoms with E-state index in [-0.39, 0.29) is 30.1 Å². The Morgan fingerprint density at radius 2 is 2.07 bits per heavy atom. The van der Waals surface area contributed by atoms with Gasteiger partial charge >= 0.3 is 0 Å². The molecule has 0 saturated heterocycles. The normalized spacial score (nSPS) is 16.0. The zero-order valence-electron chi connectivity index (χ0n) is 14.4. The first-order valence-electron chi connectivity index (χ1n) is 8.38. The van der Waals surface area contributed by atoms with Gasteiger partial charge in [-0.05, 0) is 48.4 Å². The Kier molecular flexibility index (Phi) is 4.63. The van der Waals surface area contributed by atoms with Gasteiger partial charge in [-0.25, -0.2) is 9.07 Å². The summed E-state index contributed by atoms with van der Waals surface area (Å²) in [6, 6.07) is 11.4. The van der Waals surface area contributed by atoms with Gasteiger partial charge in [-0.3, -0.25) is 4.79 Å². The lowest BCUT2D eigenvalue weighted by atomic mass is 10.1. The zero-order valence-corrected chi connectivity index (χ0v) is 15.2. The van der Waals surface area contributed by atoms with E-state index < -0.39 is 0 Å². The highest BCUT2D eigenvalue weighted by Gasteiger charge is 2.27. The van der Waals surface area contributed by atoms with Gasteiger partial charge in [0.2, 0.25) is 0 Å². The Hall–Kier alpha value is -2.77. The molecule has 2 aromatic carbocycles. The molecule has 138 valence electrons. The smallest absolute Gasteiger partial charge is 0.278 e. The molecule has 6 nitrogen and oxygen atoms in total. The van der Waals surface area contributed by atoms with E-state index in [2.05, 4.69) is 15.6 Å². The predicted molar refractivity (Wildman–Crippen MR) is 98.1 cm³/mol. The summed E-state index contributed by atoms with van der Waals surface area (Å²) in [5.74, 6) is -0.658. The Morgan fingerprint density at radius 3 is 2.81 bits per heavy atom. The number of hydrogen-bond donors (Lipinski definition) is 1. The standard InChI is InChI=1S/C19H16ClFN4O2/c1-11-8-14(6-7-15(11)20)22-19(26)18-16-10-27-17(9-25(16)24-23-18)12-2-4-13(21)5-3-12/h2-8,17H,9-10H2,1H3,(H,22,26)/t17-/m0/s1. The van der Waals surface area contributed by atoms with Gasteiger partial charge in [0, 0.05) is 10.7 Å². The van der Waals surface area contributed by atoms with Gasteiger partial charge in [-0.15, -0.1) is 5.10 Å². The number of carbonyl (C=O) groups excluding carboxylic acids is 1. The summed E-state index contributed by atoms with van der Waals surface area (Å²) in [5, 5.41) is 11.5. The quantitative estimate of drug-likeness (QED) is 0.741. The number of aromatic nitrogens is 3. The number of ether oxygens (including phenoxy) is 1. The van der Waals surface area contributed by atoms with Crippen LogP contribution in [0.1, 0.15) is 33.4 Å². The molecule has 0 radical (unpaired) electrons. The molecular weight excluding hydrogens is 371 g/mol. The molecular formula is C19H16ClFN4O2. The largest absolute Gasteiger partial charge is 0.365 e. The maximum absolute atomic E-state index is 13.1. The van der Waals surface area contributed by atoms with Crippen molar-refractivity contribution >= 4 is 23.2 Å². The van der Waals surface area contributed by atoms with E-state index in [4.69, 9.17) is 16.3 Å². The average molecular weight is 387 g/mol. The summed E-state index contributed by atoms with van der Waals surface area (Å²) in [5.41, 5.74) is 3.17. The van der Waals surface area contributed by atoms with E-state index in [0.29, 0.717) is 22.9 Å². The summed E-state index contributed by atoms with van der Waals surface area (Å²) in [7, 11) is 0. The molecule has 0 aliphatic carbocycles. The molecule has 4 rings (SSSR count). The second-order valence-corrected chi connectivity index (χ2v) is 6.74. The van der Waals surface area contributed by atoms with Crippen LogP contribution in [0.2, 0.25) is 5.02 Å². The zero-order chi connectivity index (χ0) is 19.0. The molecule has 1 aliphatic rings. The van der Waals surface area contributed by atoms with Gasteiger partial charge in [-0.2, -0.15) is 0 Å². The summed E-state index contributed by atoms with van der Waals surface area (Å²) in [4.78, 5) is 12.6. The fourth-order valence-electron chi connectivity index (χ4n) is 2.98. The molecule has 0 fully saturated rings. The first-order chi connectivity index (χ1) is 13.0. The van der Waals surface area contributed by atoms with Crippen LogP contribution in [0.4, 0.5) is 10.1 Å². The lowest BCUT2D eigenvalue weighted by molar-refractivity contribution is -0.00174. The molecule has 0 unspecified atom stereocenters. The van der Waals surface area contributed by atoms with Crippen LogP contribution >= 0.6 is 11.6 Å². The molecule has 2 heterocycles. The van der Waals surface area contributed by atoms with Crippen molar-refractivity contribution in [2.24, 2.45) is 0 Å². The van der Waals surface area contributed by atoms with Gasteiger partial charge in [0.15, 0.2) is 5.69 Å². The second-order valence-electron chi connectivity index (χ2n) is 6.34. The Labute approximate surface area is 159 Å². The number of nitrogens with zero attached hydrogens (tertiary/aromatic N) is 3. The number of fused-ring (bicyclic) bond motifs is 1. The third-order valence-corrected chi connectivity index (χ3v) is 4.89. The van der Waals surface area contributed by atoms with Crippen molar-refractivity contribution in [1.29, 1.82) is 0 Å². The van der Waals surface area contributed by atoms with Crippen LogP contribution in [0.25, 0.3) is 0 Å². The Bertz CT molecular complexity index is 1000. The summed E-state index contributed by atoms with van der Waals surface area (Å²) in [6.45, 7) is 2.46. The van der Waals surface area contributed by atoms with E-state index in [1.165, 1.54) is 12.1 Å². The van der Waals surface area contributed by atoms with E-state index in [9.17, 15) is 9.18 Å². The predicted octanol–water partition coefficient (Wildman–Crippen LogP) is 3.90. The number of hydrogen-bond acceptors (Lipinski definition) is 4. The number of benzene rings is 2. The highest BCUT2D eigenvalue weighted by atomic mass is 35.5. The minimum absolute atomic E-state index is 0.192. The van der Waals surface area contributed by atoms with Crippen molar-refractivity contribution in [3.8, 4) is 0 Å². The van der Waals surface area contributed by atoms with Gasteiger partial charge < -0.3 is 10.1 Å². The maximum Gasteiger partial charge on any atom is 0.278 e.